The van der Waals surface area contributed by atoms with Gasteiger partial charge >= 0.3 is 0 Å². The fourth-order valence-electron chi connectivity index (χ4n) is 1.38. The van der Waals surface area contributed by atoms with Crippen LogP contribution in [0.4, 0.5) is 5.69 Å². The molecule has 0 saturated heterocycles. The summed E-state index contributed by atoms with van der Waals surface area (Å²) in [5.74, 6) is 0. The van der Waals surface area contributed by atoms with Crippen molar-refractivity contribution >= 4 is 27.3 Å². The van der Waals surface area contributed by atoms with Crippen molar-refractivity contribution in [1.82, 2.24) is 4.98 Å². The topological polar surface area (TPSA) is 82.9 Å². The lowest BCUT2D eigenvalue weighted by Gasteiger charge is -2.09. The van der Waals surface area contributed by atoms with Gasteiger partial charge in [-0.1, -0.05) is 11.6 Å². The Bertz CT molecular complexity index is 739. The molecule has 0 unspecified atom stereocenters. The highest BCUT2D eigenvalue weighted by Crippen LogP contribution is 2.25. The molecule has 0 aliphatic rings. The van der Waals surface area contributed by atoms with E-state index in [0.717, 1.165) is 0 Å². The van der Waals surface area contributed by atoms with Crippen molar-refractivity contribution < 1.29 is 8.42 Å². The number of anilines is 1. The number of sulfonamides is 1. The molecule has 96 valence electrons. The molecular weight excluding hydrogens is 286 g/mol. The second-order valence-electron chi connectivity index (χ2n) is 3.60. The zero-order chi connectivity index (χ0) is 13.9. The molecule has 0 amide bonds. The predicted molar refractivity (Wildman–Crippen MR) is 71.2 cm³/mol. The van der Waals surface area contributed by atoms with E-state index in [2.05, 4.69) is 9.71 Å². The summed E-state index contributed by atoms with van der Waals surface area (Å²) < 4.78 is 26.4. The largest absolute Gasteiger partial charge is 0.278 e. The number of nitriles is 1. The number of nitrogens with zero attached hydrogens (tertiary/aromatic N) is 2. The molecule has 0 spiro atoms. The van der Waals surface area contributed by atoms with Crippen molar-refractivity contribution in [2.75, 3.05) is 4.72 Å². The number of hydrogen-bond acceptors (Lipinski definition) is 4. The van der Waals surface area contributed by atoms with Crippen LogP contribution in [0.2, 0.25) is 5.02 Å². The maximum Gasteiger partial charge on any atom is 0.263 e. The monoisotopic (exact) mass is 293 g/mol. The smallest absolute Gasteiger partial charge is 0.263 e. The van der Waals surface area contributed by atoms with Gasteiger partial charge in [0.25, 0.3) is 10.0 Å². The van der Waals surface area contributed by atoms with Crippen molar-refractivity contribution in [3.63, 3.8) is 0 Å². The average molecular weight is 294 g/mol. The van der Waals surface area contributed by atoms with Crippen molar-refractivity contribution in [1.29, 1.82) is 5.26 Å². The fourth-order valence-corrected chi connectivity index (χ4v) is 2.70. The van der Waals surface area contributed by atoms with Gasteiger partial charge in [0, 0.05) is 12.4 Å². The van der Waals surface area contributed by atoms with E-state index >= 15 is 0 Å². The first-order valence-electron chi connectivity index (χ1n) is 5.15. The molecule has 0 atom stereocenters. The Morgan fingerprint density at radius 2 is 2.11 bits per heavy atom. The number of aromatic nitrogens is 1. The van der Waals surface area contributed by atoms with Gasteiger partial charge in [-0.2, -0.15) is 5.26 Å². The molecule has 19 heavy (non-hydrogen) atoms. The first kappa shape index (κ1) is 13.3. The van der Waals surface area contributed by atoms with Gasteiger partial charge in [0.05, 0.1) is 22.3 Å². The Morgan fingerprint density at radius 3 is 2.68 bits per heavy atom. The third kappa shape index (κ3) is 3.02. The van der Waals surface area contributed by atoms with E-state index in [1.807, 2.05) is 6.07 Å². The van der Waals surface area contributed by atoms with Crippen molar-refractivity contribution in [3.05, 3.63) is 53.3 Å². The van der Waals surface area contributed by atoms with Crippen LogP contribution in [0.5, 0.6) is 0 Å². The summed E-state index contributed by atoms with van der Waals surface area (Å²) in [4.78, 5) is 3.78. The van der Waals surface area contributed by atoms with Crippen LogP contribution in [0.25, 0.3) is 0 Å². The van der Waals surface area contributed by atoms with E-state index in [0.29, 0.717) is 5.56 Å². The minimum absolute atomic E-state index is 0.0374. The highest BCUT2D eigenvalue weighted by molar-refractivity contribution is 7.92. The standard InChI is InChI=1S/C12H8ClN3O2S/c13-11-6-9(7-14)3-4-12(11)16-19(17,18)10-2-1-5-15-8-10/h1-6,8,16H. The van der Waals surface area contributed by atoms with Crippen LogP contribution in [-0.4, -0.2) is 13.4 Å². The summed E-state index contributed by atoms with van der Waals surface area (Å²) >= 11 is 5.91. The second kappa shape index (κ2) is 5.26. The lowest BCUT2D eigenvalue weighted by atomic mass is 10.2. The Labute approximate surface area is 115 Å². The molecule has 0 saturated carbocycles. The summed E-state index contributed by atoms with van der Waals surface area (Å²) in [7, 11) is -3.74. The first-order valence-corrected chi connectivity index (χ1v) is 7.01. The molecule has 1 aromatic carbocycles. The summed E-state index contributed by atoms with van der Waals surface area (Å²) in [5.41, 5.74) is 0.568. The summed E-state index contributed by atoms with van der Waals surface area (Å²) in [6.45, 7) is 0. The minimum atomic E-state index is -3.74. The van der Waals surface area contributed by atoms with E-state index < -0.39 is 10.0 Å². The third-order valence-corrected chi connectivity index (χ3v) is 3.95. The van der Waals surface area contributed by atoms with Gasteiger partial charge in [0.1, 0.15) is 4.90 Å². The summed E-state index contributed by atoms with van der Waals surface area (Å²) in [5, 5.41) is 8.87. The molecule has 2 rings (SSSR count). The molecule has 0 bridgehead atoms. The number of rotatable bonds is 3. The quantitative estimate of drug-likeness (QED) is 0.942. The van der Waals surface area contributed by atoms with Gasteiger partial charge in [0.2, 0.25) is 0 Å². The van der Waals surface area contributed by atoms with E-state index in [4.69, 9.17) is 16.9 Å². The van der Waals surface area contributed by atoms with Crippen molar-refractivity contribution in [2.24, 2.45) is 0 Å². The van der Waals surface area contributed by atoms with Gasteiger partial charge in [-0.25, -0.2) is 8.42 Å². The van der Waals surface area contributed by atoms with Crippen molar-refractivity contribution in [2.45, 2.75) is 4.90 Å². The zero-order valence-corrected chi connectivity index (χ0v) is 11.1. The maximum atomic E-state index is 12.0. The van der Waals surface area contributed by atoms with E-state index in [9.17, 15) is 8.42 Å². The summed E-state index contributed by atoms with van der Waals surface area (Å²) in [6.07, 6.45) is 2.72. The van der Waals surface area contributed by atoms with Gasteiger partial charge in [-0.15, -0.1) is 0 Å². The number of pyridine rings is 1. The molecule has 5 nitrogen and oxygen atoms in total. The number of halogens is 1. The number of nitrogens with one attached hydrogen (secondary N) is 1. The maximum absolute atomic E-state index is 12.0. The van der Waals surface area contributed by atoms with Gasteiger partial charge in [0.15, 0.2) is 0 Å². The molecule has 7 heteroatoms. The molecular formula is C12H8ClN3O2S. The van der Waals surface area contributed by atoms with Crippen molar-refractivity contribution in [3.8, 4) is 6.07 Å². The lowest BCUT2D eigenvalue weighted by Crippen LogP contribution is -2.13. The molecule has 0 fully saturated rings. The van der Waals surface area contributed by atoms with Crippen LogP contribution < -0.4 is 4.72 Å². The average Bonchev–Trinajstić information content (AvgIpc) is 2.42. The third-order valence-electron chi connectivity index (χ3n) is 2.29. The molecule has 0 aliphatic heterocycles. The van der Waals surface area contributed by atoms with Crippen LogP contribution in [0.1, 0.15) is 5.56 Å². The van der Waals surface area contributed by atoms with Crippen LogP contribution in [0.3, 0.4) is 0 Å². The van der Waals surface area contributed by atoms with E-state index in [1.165, 1.54) is 42.7 Å². The molecule has 2 aromatic rings. The Morgan fingerprint density at radius 1 is 1.32 bits per heavy atom. The van der Waals surface area contributed by atoms with Crippen LogP contribution in [0.15, 0.2) is 47.6 Å². The highest BCUT2D eigenvalue weighted by Gasteiger charge is 2.15. The van der Waals surface area contributed by atoms with Gasteiger partial charge in [-0.05, 0) is 30.3 Å². The summed E-state index contributed by atoms with van der Waals surface area (Å²) in [6, 6.07) is 9.17. The number of hydrogen-bond donors (Lipinski definition) is 1. The molecule has 1 N–H and O–H groups in total. The first-order chi connectivity index (χ1) is 9.03. The Hall–Kier alpha value is -2.10. The van der Waals surface area contributed by atoms with E-state index in [1.54, 1.807) is 0 Å². The predicted octanol–water partition coefficient (Wildman–Crippen LogP) is 2.41. The molecule has 1 heterocycles. The normalized spacial score (nSPS) is 10.7. The van der Waals surface area contributed by atoms with Crippen LogP contribution in [0, 0.1) is 11.3 Å². The zero-order valence-electron chi connectivity index (χ0n) is 9.54. The Kier molecular flexibility index (Phi) is 3.69. The lowest BCUT2D eigenvalue weighted by molar-refractivity contribution is 0.601. The Balaban J connectivity index is 2.34. The molecule has 1 aromatic heterocycles. The minimum Gasteiger partial charge on any atom is -0.278 e. The fraction of sp³-hybridized carbons (Fsp3) is 0. The molecule has 0 aliphatic carbocycles. The molecule has 0 radical (unpaired) electrons. The van der Waals surface area contributed by atoms with Crippen LogP contribution >= 0.6 is 11.6 Å². The van der Waals surface area contributed by atoms with Crippen LogP contribution in [-0.2, 0) is 10.0 Å². The second-order valence-corrected chi connectivity index (χ2v) is 5.69. The van der Waals surface area contributed by atoms with Gasteiger partial charge in [-0.3, -0.25) is 9.71 Å². The number of benzene rings is 1. The van der Waals surface area contributed by atoms with Gasteiger partial charge < -0.3 is 0 Å². The highest BCUT2D eigenvalue weighted by atomic mass is 35.5. The SMILES string of the molecule is N#Cc1ccc(NS(=O)(=O)c2cccnc2)c(Cl)c1. The van der Waals surface area contributed by atoms with E-state index in [-0.39, 0.29) is 15.6 Å².